The Morgan fingerprint density at radius 3 is 2.47 bits per heavy atom. The fraction of sp³-hybridized carbons (Fsp3) is 0.143. The Bertz CT molecular complexity index is 421. The first-order valence-corrected chi connectivity index (χ1v) is 5.19. The minimum absolute atomic E-state index is 0.884. The molecular formula is C14H14O. The van der Waals surface area contributed by atoms with Gasteiger partial charge < -0.3 is 4.42 Å². The molecule has 0 fully saturated rings. The van der Waals surface area contributed by atoms with Crippen molar-refractivity contribution in [3.63, 3.8) is 0 Å². The van der Waals surface area contributed by atoms with Crippen LogP contribution in [0.25, 0.3) is 12.2 Å². The van der Waals surface area contributed by atoms with Crippen molar-refractivity contribution in [2.45, 2.75) is 13.3 Å². The second-order valence-electron chi connectivity index (χ2n) is 3.44. The van der Waals surface area contributed by atoms with E-state index in [1.165, 1.54) is 11.1 Å². The van der Waals surface area contributed by atoms with E-state index < -0.39 is 0 Å². The normalized spacial score (nSPS) is 11.0. The summed E-state index contributed by atoms with van der Waals surface area (Å²) in [4.78, 5) is 0. The Morgan fingerprint density at radius 1 is 1.07 bits per heavy atom. The molecule has 0 atom stereocenters. The molecule has 0 radical (unpaired) electrons. The third kappa shape index (κ3) is 2.59. The summed E-state index contributed by atoms with van der Waals surface area (Å²) in [6.07, 6.45) is 6.79. The minimum atomic E-state index is 0.884. The van der Waals surface area contributed by atoms with Crippen molar-refractivity contribution >= 4 is 12.2 Å². The lowest BCUT2D eigenvalue weighted by Crippen LogP contribution is -1.78. The molecule has 0 amide bonds. The van der Waals surface area contributed by atoms with Gasteiger partial charge in [0, 0.05) is 0 Å². The predicted molar refractivity (Wildman–Crippen MR) is 63.5 cm³/mol. The van der Waals surface area contributed by atoms with Gasteiger partial charge in [0.15, 0.2) is 0 Å². The van der Waals surface area contributed by atoms with Crippen molar-refractivity contribution in [3.05, 3.63) is 59.5 Å². The number of rotatable bonds is 3. The third-order valence-electron chi connectivity index (χ3n) is 2.37. The van der Waals surface area contributed by atoms with Gasteiger partial charge in [0.1, 0.15) is 5.76 Å². The predicted octanol–water partition coefficient (Wildman–Crippen LogP) is 4.01. The second kappa shape index (κ2) is 4.65. The Balaban J connectivity index is 2.11. The van der Waals surface area contributed by atoms with Gasteiger partial charge in [-0.2, -0.15) is 0 Å². The van der Waals surface area contributed by atoms with Crippen LogP contribution in [0.2, 0.25) is 0 Å². The van der Waals surface area contributed by atoms with Crippen LogP contribution >= 0.6 is 0 Å². The van der Waals surface area contributed by atoms with Gasteiger partial charge in [0.2, 0.25) is 0 Å². The summed E-state index contributed by atoms with van der Waals surface area (Å²) < 4.78 is 5.21. The van der Waals surface area contributed by atoms with Crippen LogP contribution in [-0.2, 0) is 6.42 Å². The average Bonchev–Trinajstić information content (AvgIpc) is 2.80. The summed E-state index contributed by atoms with van der Waals surface area (Å²) >= 11 is 0. The topological polar surface area (TPSA) is 13.1 Å². The van der Waals surface area contributed by atoms with E-state index in [1.54, 1.807) is 6.26 Å². The molecule has 1 nitrogen and oxygen atoms in total. The van der Waals surface area contributed by atoms with Crippen LogP contribution < -0.4 is 0 Å². The van der Waals surface area contributed by atoms with Crippen molar-refractivity contribution in [1.29, 1.82) is 0 Å². The van der Waals surface area contributed by atoms with Crippen LogP contribution in [0.5, 0.6) is 0 Å². The molecule has 0 aliphatic rings. The molecule has 0 N–H and O–H groups in total. The van der Waals surface area contributed by atoms with Crippen molar-refractivity contribution in [1.82, 2.24) is 0 Å². The molecule has 0 unspecified atom stereocenters. The molecule has 76 valence electrons. The maximum absolute atomic E-state index is 5.21. The van der Waals surface area contributed by atoms with E-state index in [1.807, 2.05) is 18.2 Å². The van der Waals surface area contributed by atoms with E-state index in [0.29, 0.717) is 0 Å². The second-order valence-corrected chi connectivity index (χ2v) is 3.44. The van der Waals surface area contributed by atoms with Crippen LogP contribution in [0.4, 0.5) is 0 Å². The summed E-state index contributed by atoms with van der Waals surface area (Å²) in [7, 11) is 0. The molecule has 15 heavy (non-hydrogen) atoms. The Kier molecular flexibility index (Phi) is 3.03. The zero-order valence-corrected chi connectivity index (χ0v) is 8.81. The number of hydrogen-bond acceptors (Lipinski definition) is 1. The molecule has 1 aromatic carbocycles. The summed E-state index contributed by atoms with van der Waals surface area (Å²) in [6, 6.07) is 12.4. The molecule has 2 rings (SSSR count). The van der Waals surface area contributed by atoms with Crippen LogP contribution in [0, 0.1) is 0 Å². The molecule has 0 aliphatic carbocycles. The van der Waals surface area contributed by atoms with Crippen molar-refractivity contribution in [2.75, 3.05) is 0 Å². The third-order valence-corrected chi connectivity index (χ3v) is 2.37. The zero-order valence-electron chi connectivity index (χ0n) is 8.81. The molecule has 0 aliphatic heterocycles. The van der Waals surface area contributed by atoms with Crippen LogP contribution in [0.15, 0.2) is 47.1 Å². The lowest BCUT2D eigenvalue weighted by Gasteiger charge is -1.96. The molecule has 0 saturated heterocycles. The lowest BCUT2D eigenvalue weighted by molar-refractivity contribution is 0.557. The number of hydrogen-bond donors (Lipinski definition) is 0. The standard InChI is InChI=1S/C14H14O/c1-2-12-5-7-13(8-6-12)9-10-14-4-3-11-15-14/h3-11H,2H2,1H3/b10-9+. The summed E-state index contributed by atoms with van der Waals surface area (Å²) in [5.41, 5.74) is 2.56. The largest absolute Gasteiger partial charge is 0.465 e. The highest BCUT2D eigenvalue weighted by Gasteiger charge is 1.90. The highest BCUT2D eigenvalue weighted by Crippen LogP contribution is 2.10. The number of aryl methyl sites for hydroxylation is 1. The van der Waals surface area contributed by atoms with Gasteiger partial charge in [0.25, 0.3) is 0 Å². The van der Waals surface area contributed by atoms with E-state index in [0.717, 1.165) is 12.2 Å². The first-order chi connectivity index (χ1) is 7.38. The van der Waals surface area contributed by atoms with E-state index in [2.05, 4.69) is 37.3 Å². The highest BCUT2D eigenvalue weighted by atomic mass is 16.3. The van der Waals surface area contributed by atoms with Gasteiger partial charge in [-0.15, -0.1) is 0 Å². The summed E-state index contributed by atoms with van der Waals surface area (Å²) in [6.45, 7) is 2.16. The molecule has 0 saturated carbocycles. The molecule has 0 bridgehead atoms. The fourth-order valence-corrected chi connectivity index (χ4v) is 1.43. The highest BCUT2D eigenvalue weighted by molar-refractivity contribution is 5.67. The van der Waals surface area contributed by atoms with Gasteiger partial charge in [-0.05, 0) is 35.8 Å². The Hall–Kier alpha value is -1.76. The van der Waals surface area contributed by atoms with Gasteiger partial charge in [-0.25, -0.2) is 0 Å². The van der Waals surface area contributed by atoms with Gasteiger partial charge in [-0.1, -0.05) is 37.3 Å². The molecule has 1 heterocycles. The first-order valence-electron chi connectivity index (χ1n) is 5.19. The first kappa shape index (κ1) is 9.78. The number of benzene rings is 1. The quantitative estimate of drug-likeness (QED) is 0.726. The zero-order chi connectivity index (χ0) is 10.5. The van der Waals surface area contributed by atoms with Crippen LogP contribution in [-0.4, -0.2) is 0 Å². The molecule has 1 heteroatoms. The van der Waals surface area contributed by atoms with Gasteiger partial charge in [-0.3, -0.25) is 0 Å². The average molecular weight is 198 g/mol. The molecule has 2 aromatic rings. The SMILES string of the molecule is CCc1ccc(/C=C/c2ccco2)cc1. The van der Waals surface area contributed by atoms with Gasteiger partial charge in [0.05, 0.1) is 6.26 Å². The maximum Gasteiger partial charge on any atom is 0.126 e. The fourth-order valence-electron chi connectivity index (χ4n) is 1.43. The van der Waals surface area contributed by atoms with Crippen molar-refractivity contribution in [2.24, 2.45) is 0 Å². The lowest BCUT2D eigenvalue weighted by atomic mass is 10.1. The smallest absolute Gasteiger partial charge is 0.126 e. The number of furan rings is 1. The van der Waals surface area contributed by atoms with Crippen molar-refractivity contribution in [3.8, 4) is 0 Å². The summed E-state index contributed by atoms with van der Waals surface area (Å²) in [5, 5.41) is 0. The molecule has 1 aromatic heterocycles. The van der Waals surface area contributed by atoms with E-state index in [4.69, 9.17) is 4.42 Å². The Labute approximate surface area is 90.1 Å². The monoisotopic (exact) mass is 198 g/mol. The van der Waals surface area contributed by atoms with Crippen LogP contribution in [0.3, 0.4) is 0 Å². The van der Waals surface area contributed by atoms with Crippen LogP contribution in [0.1, 0.15) is 23.8 Å². The van der Waals surface area contributed by atoms with E-state index in [-0.39, 0.29) is 0 Å². The van der Waals surface area contributed by atoms with E-state index >= 15 is 0 Å². The summed E-state index contributed by atoms with van der Waals surface area (Å²) in [5.74, 6) is 0.884. The molecule has 0 spiro atoms. The minimum Gasteiger partial charge on any atom is -0.465 e. The van der Waals surface area contributed by atoms with Crippen molar-refractivity contribution < 1.29 is 4.42 Å². The van der Waals surface area contributed by atoms with E-state index in [9.17, 15) is 0 Å². The Morgan fingerprint density at radius 2 is 1.87 bits per heavy atom. The van der Waals surface area contributed by atoms with Gasteiger partial charge >= 0.3 is 0 Å². The maximum atomic E-state index is 5.21. The molecular weight excluding hydrogens is 184 g/mol.